The van der Waals surface area contributed by atoms with Crippen molar-refractivity contribution in [1.82, 2.24) is 0 Å². The van der Waals surface area contributed by atoms with Gasteiger partial charge < -0.3 is 10.5 Å². The molecule has 0 bridgehead atoms. The number of hydrogen-bond donors (Lipinski definition) is 1. The topological polar surface area (TPSA) is 35.2 Å². The first-order valence-electron chi connectivity index (χ1n) is 5.78. The maximum absolute atomic E-state index is 6.26. The van der Waals surface area contributed by atoms with Crippen molar-refractivity contribution in [2.45, 2.75) is 31.9 Å². The summed E-state index contributed by atoms with van der Waals surface area (Å²) in [6, 6.07) is 8.83. The highest BCUT2D eigenvalue weighted by Crippen LogP contribution is 2.24. The number of hydrogen-bond acceptors (Lipinski definition) is 2. The first-order valence-corrected chi connectivity index (χ1v) is 6.86. The van der Waals surface area contributed by atoms with Gasteiger partial charge in [-0.3, -0.25) is 0 Å². The van der Waals surface area contributed by atoms with Crippen LogP contribution in [0.4, 0.5) is 0 Å². The van der Waals surface area contributed by atoms with Gasteiger partial charge in [0.15, 0.2) is 0 Å². The maximum Gasteiger partial charge on any atom is 0.0590 e. The second kappa shape index (κ2) is 5.47. The van der Waals surface area contributed by atoms with Gasteiger partial charge in [-0.15, -0.1) is 0 Å². The molecule has 3 unspecified atom stereocenters. The average Bonchev–Trinajstić information content (AvgIpc) is 2.68. The lowest BCUT2D eigenvalue weighted by molar-refractivity contribution is 0.0995. The van der Waals surface area contributed by atoms with Crippen LogP contribution in [0.5, 0.6) is 0 Å². The predicted molar refractivity (Wildman–Crippen MR) is 74.4 cm³/mol. The van der Waals surface area contributed by atoms with Crippen molar-refractivity contribution in [2.75, 3.05) is 6.61 Å². The monoisotopic (exact) mass is 331 g/mol. The molecule has 3 atom stereocenters. The van der Waals surface area contributed by atoms with Crippen molar-refractivity contribution in [1.29, 1.82) is 0 Å². The molecule has 2 nitrogen and oxygen atoms in total. The summed E-state index contributed by atoms with van der Waals surface area (Å²) in [5, 5.41) is 0. The van der Waals surface area contributed by atoms with Gasteiger partial charge in [-0.2, -0.15) is 0 Å². The van der Waals surface area contributed by atoms with Gasteiger partial charge in [-0.25, -0.2) is 0 Å². The van der Waals surface area contributed by atoms with Gasteiger partial charge in [0.1, 0.15) is 0 Å². The van der Waals surface area contributed by atoms with E-state index in [2.05, 4.69) is 53.8 Å². The molecule has 0 saturated carbocycles. The first-order chi connectivity index (χ1) is 7.66. The molecule has 3 heteroatoms. The molecular weight excluding hydrogens is 313 g/mol. The Hall–Kier alpha value is -0.130. The average molecular weight is 331 g/mol. The summed E-state index contributed by atoms with van der Waals surface area (Å²) in [5.74, 6) is 0.513. The van der Waals surface area contributed by atoms with Gasteiger partial charge in [0.05, 0.1) is 6.10 Å². The highest BCUT2D eigenvalue weighted by Gasteiger charge is 2.29. The van der Waals surface area contributed by atoms with Crippen LogP contribution < -0.4 is 5.73 Å². The molecule has 2 rings (SSSR count). The molecule has 1 aromatic rings. The Kier molecular flexibility index (Phi) is 4.21. The van der Waals surface area contributed by atoms with Crippen LogP contribution >= 0.6 is 22.6 Å². The molecule has 1 fully saturated rings. The molecule has 0 radical (unpaired) electrons. The molecule has 0 spiro atoms. The fourth-order valence-electron chi connectivity index (χ4n) is 2.35. The number of nitrogens with two attached hydrogens (primary N) is 1. The summed E-state index contributed by atoms with van der Waals surface area (Å²) < 4.78 is 6.83. The van der Waals surface area contributed by atoms with E-state index in [1.807, 2.05) is 0 Å². The normalized spacial score (nSPS) is 26.9. The van der Waals surface area contributed by atoms with E-state index < -0.39 is 0 Å². The lowest BCUT2D eigenvalue weighted by Crippen LogP contribution is -2.36. The van der Waals surface area contributed by atoms with Gasteiger partial charge in [0, 0.05) is 22.1 Å². The largest absolute Gasteiger partial charge is 0.378 e. The summed E-state index contributed by atoms with van der Waals surface area (Å²) >= 11 is 2.32. The Morgan fingerprint density at radius 3 is 2.69 bits per heavy atom. The van der Waals surface area contributed by atoms with E-state index in [4.69, 9.17) is 10.5 Å². The lowest BCUT2D eigenvalue weighted by Gasteiger charge is -2.22. The predicted octanol–water partition coefficient (Wildman–Crippen LogP) is 2.59. The van der Waals surface area contributed by atoms with Crippen LogP contribution in [0.15, 0.2) is 24.3 Å². The van der Waals surface area contributed by atoms with Crippen LogP contribution in [-0.2, 0) is 11.2 Å². The van der Waals surface area contributed by atoms with Crippen molar-refractivity contribution in [3.05, 3.63) is 33.4 Å². The van der Waals surface area contributed by atoms with E-state index in [-0.39, 0.29) is 6.04 Å². The van der Waals surface area contributed by atoms with Crippen molar-refractivity contribution in [3.8, 4) is 0 Å². The molecule has 0 aliphatic carbocycles. The number of benzene rings is 1. The van der Waals surface area contributed by atoms with Gasteiger partial charge >= 0.3 is 0 Å². The van der Waals surface area contributed by atoms with E-state index in [1.54, 1.807) is 0 Å². The van der Waals surface area contributed by atoms with Crippen LogP contribution in [0, 0.1) is 9.49 Å². The Morgan fingerprint density at radius 1 is 1.44 bits per heavy atom. The zero-order valence-electron chi connectivity index (χ0n) is 9.53. The van der Waals surface area contributed by atoms with Crippen LogP contribution in [0.25, 0.3) is 0 Å². The zero-order valence-corrected chi connectivity index (χ0v) is 11.7. The van der Waals surface area contributed by atoms with Gasteiger partial charge in [-0.05, 0) is 60.1 Å². The lowest BCUT2D eigenvalue weighted by atomic mass is 9.90. The molecule has 2 N–H and O–H groups in total. The van der Waals surface area contributed by atoms with Crippen molar-refractivity contribution in [2.24, 2.45) is 11.7 Å². The first kappa shape index (κ1) is 12.3. The van der Waals surface area contributed by atoms with Crippen LogP contribution in [0.1, 0.15) is 18.9 Å². The van der Waals surface area contributed by atoms with E-state index >= 15 is 0 Å². The van der Waals surface area contributed by atoms with Crippen molar-refractivity contribution >= 4 is 22.6 Å². The summed E-state index contributed by atoms with van der Waals surface area (Å²) in [5.41, 5.74) is 7.58. The summed E-state index contributed by atoms with van der Waals surface area (Å²) in [4.78, 5) is 0. The molecule has 1 aliphatic rings. The minimum Gasteiger partial charge on any atom is -0.378 e. The Labute approximate surface area is 111 Å². The molecule has 0 amide bonds. The molecule has 1 saturated heterocycles. The van der Waals surface area contributed by atoms with Crippen molar-refractivity contribution < 1.29 is 4.74 Å². The van der Waals surface area contributed by atoms with Gasteiger partial charge in [-0.1, -0.05) is 12.1 Å². The highest BCUT2D eigenvalue weighted by molar-refractivity contribution is 14.1. The molecule has 16 heavy (non-hydrogen) atoms. The van der Waals surface area contributed by atoms with Gasteiger partial charge in [0.2, 0.25) is 0 Å². The molecule has 1 heterocycles. The fourth-order valence-corrected chi connectivity index (χ4v) is 2.71. The minimum atomic E-state index is 0.220. The third-order valence-corrected chi connectivity index (χ3v) is 4.09. The standard InChI is InChI=1S/C13H18INO/c1-9-12(6-7-16-9)13(15)8-10-2-4-11(14)5-3-10/h2-5,9,12-13H,6-8,15H2,1H3. The quantitative estimate of drug-likeness (QED) is 0.864. The number of rotatable bonds is 3. The third kappa shape index (κ3) is 2.96. The molecular formula is C13H18INO. The Balaban J connectivity index is 1.96. The smallest absolute Gasteiger partial charge is 0.0590 e. The van der Waals surface area contributed by atoms with Gasteiger partial charge in [0.25, 0.3) is 0 Å². The second-order valence-corrected chi connectivity index (χ2v) is 5.77. The number of ether oxygens (including phenoxy) is 1. The van der Waals surface area contributed by atoms with E-state index in [1.165, 1.54) is 9.13 Å². The summed E-state index contributed by atoms with van der Waals surface area (Å²) in [6.07, 6.45) is 2.38. The molecule has 1 aliphatic heterocycles. The van der Waals surface area contributed by atoms with E-state index in [0.717, 1.165) is 19.4 Å². The van der Waals surface area contributed by atoms with Crippen LogP contribution in [0.2, 0.25) is 0 Å². The van der Waals surface area contributed by atoms with Crippen LogP contribution in [0.3, 0.4) is 0 Å². The molecule has 0 aromatic heterocycles. The van der Waals surface area contributed by atoms with E-state index in [0.29, 0.717) is 12.0 Å². The minimum absolute atomic E-state index is 0.220. The third-order valence-electron chi connectivity index (χ3n) is 3.37. The fraction of sp³-hybridized carbons (Fsp3) is 0.538. The maximum atomic E-state index is 6.26. The van der Waals surface area contributed by atoms with E-state index in [9.17, 15) is 0 Å². The van der Waals surface area contributed by atoms with Crippen LogP contribution in [-0.4, -0.2) is 18.8 Å². The van der Waals surface area contributed by atoms with Crippen molar-refractivity contribution in [3.63, 3.8) is 0 Å². The zero-order chi connectivity index (χ0) is 11.5. The second-order valence-electron chi connectivity index (χ2n) is 4.52. The Morgan fingerprint density at radius 2 is 2.12 bits per heavy atom. The molecule has 1 aromatic carbocycles. The Bertz CT molecular complexity index is 338. The molecule has 88 valence electrons. The highest BCUT2D eigenvalue weighted by atomic mass is 127. The SMILES string of the molecule is CC1OCCC1C(N)Cc1ccc(I)cc1. The number of halogens is 1. The summed E-state index contributed by atoms with van der Waals surface area (Å²) in [7, 11) is 0. The summed E-state index contributed by atoms with van der Waals surface area (Å²) in [6.45, 7) is 3.00.